The average Bonchev–Trinajstić information content (AvgIpc) is 2.78. The lowest BCUT2D eigenvalue weighted by atomic mass is 10.1. The molecule has 94 valence electrons. The van der Waals surface area contributed by atoms with Gasteiger partial charge in [0, 0.05) is 11.3 Å². The minimum atomic E-state index is -1.05. The van der Waals surface area contributed by atoms with E-state index in [0.717, 1.165) is 0 Å². The maximum atomic E-state index is 11.6. The van der Waals surface area contributed by atoms with Crippen molar-refractivity contribution in [2.24, 2.45) is 11.7 Å². The molecule has 1 rings (SSSR count). The highest BCUT2D eigenvalue weighted by atomic mass is 32.1. The van der Waals surface area contributed by atoms with Crippen molar-refractivity contribution < 1.29 is 14.7 Å². The Kier molecular flexibility index (Phi) is 5.11. The first-order valence-electron chi connectivity index (χ1n) is 5.30. The van der Waals surface area contributed by atoms with Gasteiger partial charge < -0.3 is 16.2 Å². The zero-order valence-corrected chi connectivity index (χ0v) is 10.4. The first kappa shape index (κ1) is 13.7. The molecule has 0 aliphatic heterocycles. The quantitative estimate of drug-likeness (QED) is 0.707. The molecular weight excluding hydrogens is 240 g/mol. The van der Waals surface area contributed by atoms with E-state index < -0.39 is 12.0 Å². The zero-order chi connectivity index (χ0) is 12.8. The van der Waals surface area contributed by atoms with Crippen molar-refractivity contribution in [2.75, 3.05) is 6.54 Å². The number of hydrogen-bond donors (Lipinski definition) is 3. The number of nitrogens with one attached hydrogen (secondary N) is 1. The molecule has 5 nitrogen and oxygen atoms in total. The molecule has 1 aromatic heterocycles. The minimum absolute atomic E-state index is 0.0489. The van der Waals surface area contributed by atoms with E-state index in [0.29, 0.717) is 11.4 Å². The summed E-state index contributed by atoms with van der Waals surface area (Å²) in [7, 11) is 0. The third kappa shape index (κ3) is 4.16. The molecular formula is C11H16N2O3S. The molecule has 0 saturated heterocycles. The third-order valence-electron chi connectivity index (χ3n) is 2.32. The van der Waals surface area contributed by atoms with Crippen LogP contribution < -0.4 is 11.1 Å². The van der Waals surface area contributed by atoms with Crippen LogP contribution in [0.4, 0.5) is 0 Å². The van der Waals surface area contributed by atoms with E-state index in [-0.39, 0.29) is 18.2 Å². The number of carbonyl (C=O) groups is 2. The van der Waals surface area contributed by atoms with Gasteiger partial charge in [0.2, 0.25) is 5.91 Å². The molecule has 0 radical (unpaired) electrons. The van der Waals surface area contributed by atoms with Crippen molar-refractivity contribution in [1.29, 1.82) is 0 Å². The second-order valence-corrected chi connectivity index (χ2v) is 4.88. The molecule has 2 unspecified atom stereocenters. The van der Waals surface area contributed by atoms with Crippen LogP contribution in [0, 0.1) is 5.92 Å². The standard InChI is InChI=1S/C11H16N2O3S/c1-7(6-12)5-9(14)13-10(11(15)16)8-3-2-4-17-8/h2-4,7,10H,5-6,12H2,1H3,(H,13,14)(H,15,16). The van der Waals surface area contributed by atoms with E-state index in [4.69, 9.17) is 10.8 Å². The van der Waals surface area contributed by atoms with Gasteiger partial charge >= 0.3 is 5.97 Å². The second-order valence-electron chi connectivity index (χ2n) is 3.90. The molecule has 0 aliphatic rings. The average molecular weight is 256 g/mol. The van der Waals surface area contributed by atoms with Crippen molar-refractivity contribution >= 4 is 23.2 Å². The van der Waals surface area contributed by atoms with Crippen LogP contribution in [0.2, 0.25) is 0 Å². The number of carboxylic acid groups (broad SMARTS) is 1. The SMILES string of the molecule is CC(CN)CC(=O)NC(C(=O)O)c1cccs1. The molecule has 2 atom stereocenters. The number of hydrogen-bond acceptors (Lipinski definition) is 4. The van der Waals surface area contributed by atoms with Crippen LogP contribution in [0.1, 0.15) is 24.3 Å². The van der Waals surface area contributed by atoms with E-state index in [1.54, 1.807) is 17.5 Å². The van der Waals surface area contributed by atoms with E-state index in [1.807, 2.05) is 6.92 Å². The molecule has 1 heterocycles. The highest BCUT2D eigenvalue weighted by Crippen LogP contribution is 2.19. The normalized spacial score (nSPS) is 14.0. The molecule has 0 spiro atoms. The van der Waals surface area contributed by atoms with Crippen LogP contribution in [0.3, 0.4) is 0 Å². The van der Waals surface area contributed by atoms with Crippen molar-refractivity contribution in [3.05, 3.63) is 22.4 Å². The van der Waals surface area contributed by atoms with Crippen molar-refractivity contribution in [2.45, 2.75) is 19.4 Å². The Balaban J connectivity index is 2.62. The fourth-order valence-corrected chi connectivity index (χ4v) is 2.10. The number of thiophene rings is 1. The maximum Gasteiger partial charge on any atom is 0.331 e. The number of aliphatic carboxylic acids is 1. The van der Waals surface area contributed by atoms with Gasteiger partial charge in [-0.05, 0) is 23.9 Å². The molecule has 0 bridgehead atoms. The summed E-state index contributed by atoms with van der Waals surface area (Å²) < 4.78 is 0. The van der Waals surface area contributed by atoms with Gasteiger partial charge in [-0.3, -0.25) is 4.79 Å². The monoisotopic (exact) mass is 256 g/mol. The molecule has 17 heavy (non-hydrogen) atoms. The number of nitrogens with two attached hydrogens (primary N) is 1. The predicted molar refractivity (Wildman–Crippen MR) is 65.7 cm³/mol. The maximum absolute atomic E-state index is 11.6. The Morgan fingerprint density at radius 1 is 1.59 bits per heavy atom. The Labute approximate surface area is 104 Å². The Bertz CT molecular complexity index is 378. The smallest absolute Gasteiger partial charge is 0.331 e. The van der Waals surface area contributed by atoms with Crippen LogP contribution in [-0.2, 0) is 9.59 Å². The lowest BCUT2D eigenvalue weighted by Gasteiger charge is -2.14. The first-order valence-corrected chi connectivity index (χ1v) is 6.18. The Morgan fingerprint density at radius 2 is 2.29 bits per heavy atom. The molecule has 0 aliphatic carbocycles. The van der Waals surface area contributed by atoms with Crippen LogP contribution >= 0.6 is 11.3 Å². The Hall–Kier alpha value is -1.40. The second kappa shape index (κ2) is 6.36. The molecule has 1 amide bonds. The van der Waals surface area contributed by atoms with Gasteiger partial charge in [-0.25, -0.2) is 4.79 Å². The van der Waals surface area contributed by atoms with Crippen LogP contribution in [0.5, 0.6) is 0 Å². The summed E-state index contributed by atoms with van der Waals surface area (Å²) in [5, 5.41) is 13.3. The molecule has 6 heteroatoms. The number of amides is 1. The first-order chi connectivity index (χ1) is 8.04. The van der Waals surface area contributed by atoms with Crippen LogP contribution in [0.15, 0.2) is 17.5 Å². The summed E-state index contributed by atoms with van der Waals surface area (Å²) in [4.78, 5) is 23.3. The van der Waals surface area contributed by atoms with Gasteiger partial charge in [-0.2, -0.15) is 0 Å². The summed E-state index contributed by atoms with van der Waals surface area (Å²) >= 11 is 1.31. The summed E-state index contributed by atoms with van der Waals surface area (Å²) in [6.07, 6.45) is 0.242. The van der Waals surface area contributed by atoms with E-state index in [1.165, 1.54) is 11.3 Å². The summed E-state index contributed by atoms with van der Waals surface area (Å²) in [5.74, 6) is -1.29. The van der Waals surface area contributed by atoms with E-state index in [2.05, 4.69) is 5.32 Å². The molecule has 0 saturated carbocycles. The van der Waals surface area contributed by atoms with Gasteiger partial charge in [-0.1, -0.05) is 13.0 Å². The van der Waals surface area contributed by atoms with E-state index in [9.17, 15) is 9.59 Å². The summed E-state index contributed by atoms with van der Waals surface area (Å²) in [6, 6.07) is 2.48. The molecule has 4 N–H and O–H groups in total. The van der Waals surface area contributed by atoms with Crippen molar-refractivity contribution in [3.8, 4) is 0 Å². The summed E-state index contributed by atoms with van der Waals surface area (Å²) in [6.45, 7) is 2.25. The molecule has 1 aromatic rings. The lowest BCUT2D eigenvalue weighted by Crippen LogP contribution is -2.34. The van der Waals surface area contributed by atoms with Gasteiger partial charge in [0.25, 0.3) is 0 Å². The van der Waals surface area contributed by atoms with Gasteiger partial charge in [0.1, 0.15) is 0 Å². The fourth-order valence-electron chi connectivity index (χ4n) is 1.33. The number of carboxylic acids is 1. The van der Waals surface area contributed by atoms with Crippen LogP contribution in [0.25, 0.3) is 0 Å². The topological polar surface area (TPSA) is 92.4 Å². The number of carbonyl (C=O) groups excluding carboxylic acids is 1. The minimum Gasteiger partial charge on any atom is -0.479 e. The largest absolute Gasteiger partial charge is 0.479 e. The summed E-state index contributed by atoms with van der Waals surface area (Å²) in [5.41, 5.74) is 5.41. The van der Waals surface area contributed by atoms with Crippen molar-refractivity contribution in [1.82, 2.24) is 5.32 Å². The highest BCUT2D eigenvalue weighted by Gasteiger charge is 2.23. The highest BCUT2D eigenvalue weighted by molar-refractivity contribution is 7.10. The van der Waals surface area contributed by atoms with Gasteiger partial charge in [0.05, 0.1) is 0 Å². The third-order valence-corrected chi connectivity index (χ3v) is 3.25. The molecule has 0 fully saturated rings. The lowest BCUT2D eigenvalue weighted by molar-refractivity contribution is -0.142. The van der Waals surface area contributed by atoms with Gasteiger partial charge in [0.15, 0.2) is 6.04 Å². The zero-order valence-electron chi connectivity index (χ0n) is 9.55. The predicted octanol–water partition coefficient (Wildman–Crippen LogP) is 0.975. The number of rotatable bonds is 6. The van der Waals surface area contributed by atoms with Gasteiger partial charge in [-0.15, -0.1) is 11.3 Å². The fraction of sp³-hybridized carbons (Fsp3) is 0.455. The van der Waals surface area contributed by atoms with Crippen LogP contribution in [-0.4, -0.2) is 23.5 Å². The van der Waals surface area contributed by atoms with Crippen molar-refractivity contribution in [3.63, 3.8) is 0 Å². The van der Waals surface area contributed by atoms with E-state index >= 15 is 0 Å². The Morgan fingerprint density at radius 3 is 2.76 bits per heavy atom. The molecule has 0 aromatic carbocycles.